The van der Waals surface area contributed by atoms with E-state index in [0.717, 1.165) is 4.31 Å². The molecule has 1 aromatic carbocycles. The molecule has 0 amide bonds. The number of hydrogen-bond acceptors (Lipinski definition) is 4. The number of hydrogen-bond donors (Lipinski definition) is 1. The highest BCUT2D eigenvalue weighted by Gasteiger charge is 2.26. The first-order valence-electron chi connectivity index (χ1n) is 6.72. The quantitative estimate of drug-likeness (QED) is 0.852. The van der Waals surface area contributed by atoms with Crippen LogP contribution in [0.5, 0.6) is 0 Å². The van der Waals surface area contributed by atoms with Crippen molar-refractivity contribution in [2.45, 2.75) is 18.2 Å². The Morgan fingerprint density at radius 1 is 1.35 bits per heavy atom. The van der Waals surface area contributed by atoms with Crippen molar-refractivity contribution in [2.24, 2.45) is 0 Å². The lowest BCUT2D eigenvalue weighted by Gasteiger charge is -2.15. The molecule has 0 spiro atoms. The van der Waals surface area contributed by atoms with Gasteiger partial charge in [0.25, 0.3) is 0 Å². The van der Waals surface area contributed by atoms with Gasteiger partial charge < -0.3 is 5.11 Å². The minimum Gasteiger partial charge on any atom is -0.481 e. The van der Waals surface area contributed by atoms with Crippen LogP contribution in [0.1, 0.15) is 12.1 Å². The van der Waals surface area contributed by atoms with Gasteiger partial charge in [-0.2, -0.15) is 5.10 Å². The van der Waals surface area contributed by atoms with Crippen molar-refractivity contribution in [3.63, 3.8) is 0 Å². The van der Waals surface area contributed by atoms with E-state index < -0.39 is 16.0 Å². The van der Waals surface area contributed by atoms with Gasteiger partial charge in [0.15, 0.2) is 0 Å². The monoisotopic (exact) mass is 357 g/mol. The van der Waals surface area contributed by atoms with E-state index in [0.29, 0.717) is 16.4 Å². The lowest BCUT2D eigenvalue weighted by molar-refractivity contribution is -0.137. The summed E-state index contributed by atoms with van der Waals surface area (Å²) in [6.45, 7) is 1.53. The number of carbonyl (C=O) groups is 1. The maximum Gasteiger partial charge on any atom is 0.304 e. The molecule has 0 unspecified atom stereocenters. The first kappa shape index (κ1) is 17.5. The van der Waals surface area contributed by atoms with Crippen LogP contribution in [0.2, 0.25) is 5.02 Å². The molecule has 1 N–H and O–H groups in total. The number of benzene rings is 1. The van der Waals surface area contributed by atoms with Crippen LogP contribution < -0.4 is 0 Å². The molecule has 0 atom stereocenters. The number of aliphatic carboxylic acids is 1. The van der Waals surface area contributed by atoms with Crippen LogP contribution in [0.15, 0.2) is 35.4 Å². The van der Waals surface area contributed by atoms with Gasteiger partial charge in [-0.05, 0) is 31.2 Å². The van der Waals surface area contributed by atoms with E-state index in [2.05, 4.69) is 5.10 Å². The molecule has 0 bridgehead atoms. The Balaban J connectivity index is 2.34. The summed E-state index contributed by atoms with van der Waals surface area (Å²) in [6, 6.07) is 6.83. The molecule has 9 heteroatoms. The van der Waals surface area contributed by atoms with Crippen molar-refractivity contribution in [3.8, 4) is 5.69 Å². The highest BCUT2D eigenvalue weighted by atomic mass is 35.5. The van der Waals surface area contributed by atoms with Gasteiger partial charge >= 0.3 is 5.97 Å². The molecular formula is C14H16ClN3O4S. The van der Waals surface area contributed by atoms with Gasteiger partial charge in [0.2, 0.25) is 10.0 Å². The molecule has 0 saturated heterocycles. The van der Waals surface area contributed by atoms with Crippen LogP contribution in [-0.2, 0) is 14.8 Å². The molecule has 0 fully saturated rings. The second kappa shape index (κ2) is 6.69. The Morgan fingerprint density at radius 2 is 1.96 bits per heavy atom. The first-order valence-corrected chi connectivity index (χ1v) is 8.54. The fraction of sp³-hybridized carbons (Fsp3) is 0.286. The van der Waals surface area contributed by atoms with E-state index in [9.17, 15) is 13.2 Å². The highest BCUT2D eigenvalue weighted by molar-refractivity contribution is 7.89. The number of carboxylic acid groups (broad SMARTS) is 1. The SMILES string of the molecule is Cc1c(S(=O)(=O)N(C)CCC(=O)O)cnn1-c1ccc(Cl)cc1. The molecule has 124 valence electrons. The number of sulfonamides is 1. The van der Waals surface area contributed by atoms with Crippen LogP contribution in [0, 0.1) is 6.92 Å². The number of aromatic nitrogens is 2. The molecular weight excluding hydrogens is 342 g/mol. The summed E-state index contributed by atoms with van der Waals surface area (Å²) in [4.78, 5) is 10.6. The molecule has 7 nitrogen and oxygen atoms in total. The van der Waals surface area contributed by atoms with Gasteiger partial charge in [0, 0.05) is 18.6 Å². The van der Waals surface area contributed by atoms with Gasteiger partial charge in [-0.1, -0.05) is 11.6 Å². The predicted molar refractivity (Wildman–Crippen MR) is 85.4 cm³/mol. The zero-order chi connectivity index (χ0) is 17.2. The Kier molecular flexibility index (Phi) is 5.08. The Hall–Kier alpha value is -1.90. The fourth-order valence-corrected chi connectivity index (χ4v) is 3.47. The van der Waals surface area contributed by atoms with Crippen LogP contribution >= 0.6 is 11.6 Å². The fourth-order valence-electron chi connectivity index (χ4n) is 2.03. The normalized spacial score (nSPS) is 11.8. The molecule has 2 rings (SSSR count). The zero-order valence-electron chi connectivity index (χ0n) is 12.6. The highest BCUT2D eigenvalue weighted by Crippen LogP contribution is 2.22. The van der Waals surface area contributed by atoms with Gasteiger partial charge in [0.1, 0.15) is 4.90 Å². The summed E-state index contributed by atoms with van der Waals surface area (Å²) in [7, 11) is -2.46. The predicted octanol–water partition coefficient (Wildman–Crippen LogP) is 1.93. The number of carboxylic acids is 1. The summed E-state index contributed by atoms with van der Waals surface area (Å²) < 4.78 is 27.6. The van der Waals surface area contributed by atoms with E-state index >= 15 is 0 Å². The standard InChI is InChI=1S/C14H16ClN3O4S/c1-10-13(23(21,22)17(2)8-7-14(19)20)9-16-18(10)12-5-3-11(15)4-6-12/h3-6,9H,7-8H2,1-2H3,(H,19,20). The van der Waals surface area contributed by atoms with Crippen LogP contribution in [0.4, 0.5) is 0 Å². The molecule has 23 heavy (non-hydrogen) atoms. The largest absolute Gasteiger partial charge is 0.481 e. The molecule has 0 saturated carbocycles. The van der Waals surface area contributed by atoms with E-state index in [1.165, 1.54) is 17.9 Å². The minimum absolute atomic E-state index is 0.0420. The summed E-state index contributed by atoms with van der Waals surface area (Å²) >= 11 is 5.84. The molecule has 1 heterocycles. The van der Waals surface area contributed by atoms with E-state index in [1.807, 2.05) is 0 Å². The first-order chi connectivity index (χ1) is 10.7. The summed E-state index contributed by atoms with van der Waals surface area (Å²) in [6.07, 6.45) is 0.997. The van der Waals surface area contributed by atoms with Crippen molar-refractivity contribution in [3.05, 3.63) is 41.2 Å². The number of rotatable bonds is 6. The maximum atomic E-state index is 12.5. The van der Waals surface area contributed by atoms with Gasteiger partial charge in [-0.3, -0.25) is 4.79 Å². The average Bonchev–Trinajstić information content (AvgIpc) is 2.88. The maximum absolute atomic E-state index is 12.5. The van der Waals surface area contributed by atoms with Crippen LogP contribution in [-0.4, -0.2) is 47.2 Å². The second-order valence-electron chi connectivity index (χ2n) is 4.95. The number of halogens is 1. The topological polar surface area (TPSA) is 92.5 Å². The number of nitrogens with zero attached hydrogens (tertiary/aromatic N) is 3. The Labute approximate surface area is 139 Å². The third kappa shape index (κ3) is 3.72. The Morgan fingerprint density at radius 3 is 2.52 bits per heavy atom. The van der Waals surface area contributed by atoms with Crippen LogP contribution in [0.25, 0.3) is 5.69 Å². The Bertz CT molecular complexity index is 815. The lowest BCUT2D eigenvalue weighted by atomic mass is 10.3. The van der Waals surface area contributed by atoms with Crippen molar-refractivity contribution < 1.29 is 18.3 Å². The van der Waals surface area contributed by atoms with Gasteiger partial charge in [-0.15, -0.1) is 0 Å². The van der Waals surface area contributed by atoms with Crippen molar-refractivity contribution >= 4 is 27.6 Å². The zero-order valence-corrected chi connectivity index (χ0v) is 14.2. The van der Waals surface area contributed by atoms with Crippen molar-refractivity contribution in [1.82, 2.24) is 14.1 Å². The van der Waals surface area contributed by atoms with Crippen LogP contribution in [0.3, 0.4) is 0 Å². The van der Waals surface area contributed by atoms with E-state index in [4.69, 9.17) is 16.7 Å². The van der Waals surface area contributed by atoms with E-state index in [-0.39, 0.29) is 17.9 Å². The smallest absolute Gasteiger partial charge is 0.304 e. The molecule has 0 radical (unpaired) electrons. The van der Waals surface area contributed by atoms with Crippen molar-refractivity contribution in [1.29, 1.82) is 0 Å². The summed E-state index contributed by atoms with van der Waals surface area (Å²) in [5.74, 6) is -1.05. The van der Waals surface area contributed by atoms with Gasteiger partial charge in [0.05, 0.1) is 24.0 Å². The third-order valence-corrected chi connectivity index (χ3v) is 5.58. The van der Waals surface area contributed by atoms with Crippen molar-refractivity contribution in [2.75, 3.05) is 13.6 Å². The molecule has 0 aliphatic carbocycles. The third-order valence-electron chi connectivity index (χ3n) is 3.36. The van der Waals surface area contributed by atoms with Gasteiger partial charge in [-0.25, -0.2) is 17.4 Å². The molecule has 2 aromatic rings. The average molecular weight is 358 g/mol. The summed E-state index contributed by atoms with van der Waals surface area (Å²) in [5.41, 5.74) is 1.12. The molecule has 0 aliphatic rings. The lowest BCUT2D eigenvalue weighted by Crippen LogP contribution is -2.29. The summed E-state index contributed by atoms with van der Waals surface area (Å²) in [5, 5.41) is 13.4. The van der Waals surface area contributed by atoms with E-state index in [1.54, 1.807) is 31.2 Å². The molecule has 0 aliphatic heterocycles. The second-order valence-corrected chi connectivity index (χ2v) is 7.40. The molecule has 1 aromatic heterocycles. The minimum atomic E-state index is -3.80.